The molecule has 1 atom stereocenters. The van der Waals surface area contributed by atoms with E-state index in [0.717, 1.165) is 12.1 Å². The number of ether oxygens (including phenoxy) is 2. The fraction of sp³-hybridized carbons (Fsp3) is 0.0667. The Labute approximate surface area is 237 Å². The lowest BCUT2D eigenvalue weighted by molar-refractivity contribution is -0.385. The van der Waals surface area contributed by atoms with E-state index in [1.54, 1.807) is 60.7 Å². The van der Waals surface area contributed by atoms with Crippen LogP contribution in [0.15, 0.2) is 91.0 Å². The van der Waals surface area contributed by atoms with E-state index in [-0.39, 0.29) is 33.1 Å². The minimum Gasteiger partial charge on any atom is -0.496 e. The molecule has 1 heterocycles. The lowest BCUT2D eigenvalue weighted by atomic mass is 9.99. The zero-order chi connectivity index (χ0) is 29.3. The fourth-order valence-electron chi connectivity index (χ4n) is 4.51. The van der Waals surface area contributed by atoms with E-state index in [2.05, 4.69) is 0 Å². The van der Waals surface area contributed by atoms with Gasteiger partial charge in [-0.2, -0.15) is 0 Å². The minimum atomic E-state index is -1.30. The van der Waals surface area contributed by atoms with Crippen LogP contribution in [0.3, 0.4) is 0 Å². The molecule has 5 rings (SSSR count). The third-order valence-corrected chi connectivity index (χ3v) is 6.75. The van der Waals surface area contributed by atoms with Crippen molar-refractivity contribution in [3.05, 3.63) is 134 Å². The van der Waals surface area contributed by atoms with Gasteiger partial charge in [0.1, 0.15) is 16.9 Å². The van der Waals surface area contributed by atoms with E-state index >= 15 is 0 Å². The molecule has 0 unspecified atom stereocenters. The summed E-state index contributed by atoms with van der Waals surface area (Å²) in [6.45, 7) is 0. The average Bonchev–Trinajstić information content (AvgIpc) is 3.25. The van der Waals surface area contributed by atoms with Crippen LogP contribution in [-0.2, 0) is 4.74 Å². The van der Waals surface area contributed by atoms with Crippen molar-refractivity contribution in [3.8, 4) is 5.75 Å². The van der Waals surface area contributed by atoms with Gasteiger partial charge < -0.3 is 9.47 Å². The normalized spacial score (nSPS) is 13.0. The van der Waals surface area contributed by atoms with Crippen LogP contribution in [0.5, 0.6) is 5.75 Å². The number of nitro benzene ring substituents is 1. The van der Waals surface area contributed by atoms with Crippen molar-refractivity contribution in [2.24, 2.45) is 0 Å². The lowest BCUT2D eigenvalue weighted by Crippen LogP contribution is -2.30. The topological polar surface area (TPSA) is 133 Å². The van der Waals surface area contributed by atoms with Gasteiger partial charge in [0.15, 0.2) is 6.10 Å². The second kappa shape index (κ2) is 11.0. The van der Waals surface area contributed by atoms with E-state index in [9.17, 15) is 29.3 Å². The fourth-order valence-corrected chi connectivity index (χ4v) is 4.75. The van der Waals surface area contributed by atoms with Crippen molar-refractivity contribution in [1.29, 1.82) is 0 Å². The summed E-state index contributed by atoms with van der Waals surface area (Å²) in [6, 6.07) is 22.8. The molecule has 0 spiro atoms. The number of carbonyl (C=O) groups excluding carboxylic acids is 4. The molecule has 1 aliphatic heterocycles. The van der Waals surface area contributed by atoms with E-state index in [0.29, 0.717) is 16.0 Å². The summed E-state index contributed by atoms with van der Waals surface area (Å²) in [7, 11) is 1.25. The van der Waals surface area contributed by atoms with E-state index in [4.69, 9.17) is 21.1 Å². The minimum absolute atomic E-state index is 0.112. The monoisotopic (exact) mass is 570 g/mol. The Hall–Kier alpha value is -5.35. The maximum atomic E-state index is 13.4. The molecule has 0 saturated heterocycles. The van der Waals surface area contributed by atoms with Gasteiger partial charge >= 0.3 is 5.97 Å². The second-order valence-electron chi connectivity index (χ2n) is 8.83. The number of esters is 1. The molecule has 41 heavy (non-hydrogen) atoms. The number of imide groups is 1. The Balaban J connectivity index is 1.51. The van der Waals surface area contributed by atoms with Crippen LogP contribution in [0.4, 0.5) is 11.4 Å². The average molecular weight is 571 g/mol. The Bertz CT molecular complexity index is 1720. The van der Waals surface area contributed by atoms with Gasteiger partial charge in [0.25, 0.3) is 17.5 Å². The molecule has 10 nitrogen and oxygen atoms in total. The lowest BCUT2D eigenvalue weighted by Gasteiger charge is -2.20. The molecule has 1 aliphatic rings. The van der Waals surface area contributed by atoms with Crippen LogP contribution in [0.25, 0.3) is 0 Å². The number of nitrogens with zero attached hydrogens (tertiary/aromatic N) is 2. The molecule has 0 fully saturated rings. The highest BCUT2D eigenvalue weighted by Gasteiger charge is 2.43. The standard InChI is InChI=1S/C30H19ClN2O8/c1-40-24-16-23(32-28(35)19-13-8-14-22(33(38)39)25(19)29(32)36)21(31)15-20(24)30(37)41-27(18-11-6-3-7-12-18)26(34)17-9-4-2-5-10-17/h2-16,27H,1H3/t27-/m1/s1. The molecule has 2 amide bonds. The van der Waals surface area contributed by atoms with Crippen molar-refractivity contribution in [3.63, 3.8) is 0 Å². The van der Waals surface area contributed by atoms with Gasteiger partial charge in [-0.25, -0.2) is 9.69 Å². The third-order valence-electron chi connectivity index (χ3n) is 6.44. The van der Waals surface area contributed by atoms with Gasteiger partial charge in [-0.05, 0) is 12.1 Å². The van der Waals surface area contributed by atoms with Crippen LogP contribution >= 0.6 is 11.6 Å². The Morgan fingerprint density at radius 1 is 0.902 bits per heavy atom. The number of halogens is 1. The Morgan fingerprint density at radius 3 is 2.20 bits per heavy atom. The van der Waals surface area contributed by atoms with Crippen LogP contribution in [-0.4, -0.2) is 35.6 Å². The zero-order valence-corrected chi connectivity index (χ0v) is 22.0. The smallest absolute Gasteiger partial charge is 0.343 e. The van der Waals surface area contributed by atoms with Gasteiger partial charge in [-0.15, -0.1) is 0 Å². The quantitative estimate of drug-likeness (QED) is 0.0848. The number of hydrogen-bond acceptors (Lipinski definition) is 8. The van der Waals surface area contributed by atoms with Gasteiger partial charge in [-0.3, -0.25) is 24.5 Å². The summed E-state index contributed by atoms with van der Waals surface area (Å²) in [5.41, 5.74) is -0.620. The first kappa shape index (κ1) is 27.2. The molecule has 0 aliphatic carbocycles. The van der Waals surface area contributed by atoms with Gasteiger partial charge in [-0.1, -0.05) is 78.3 Å². The molecule has 4 aromatic carbocycles. The van der Waals surface area contributed by atoms with Gasteiger partial charge in [0, 0.05) is 23.3 Å². The number of fused-ring (bicyclic) bond motifs is 1. The summed E-state index contributed by atoms with van der Waals surface area (Å²) in [5.74, 6) is -3.30. The van der Waals surface area contributed by atoms with Crippen molar-refractivity contribution in [1.82, 2.24) is 0 Å². The molecule has 0 saturated carbocycles. The number of benzene rings is 4. The summed E-state index contributed by atoms with van der Waals surface area (Å²) < 4.78 is 11.0. The molecule has 0 radical (unpaired) electrons. The number of Topliss-reactive ketones (excluding diaryl/α,β-unsaturated/α-hetero) is 1. The molecule has 0 aromatic heterocycles. The Morgan fingerprint density at radius 2 is 1.56 bits per heavy atom. The van der Waals surface area contributed by atoms with E-state index in [1.165, 1.54) is 25.3 Å². The largest absolute Gasteiger partial charge is 0.496 e. The number of hydrogen-bond donors (Lipinski definition) is 0. The maximum absolute atomic E-state index is 13.4. The van der Waals surface area contributed by atoms with Gasteiger partial charge in [0.05, 0.1) is 28.3 Å². The van der Waals surface area contributed by atoms with E-state index in [1.807, 2.05) is 0 Å². The zero-order valence-electron chi connectivity index (χ0n) is 21.3. The summed E-state index contributed by atoms with van der Waals surface area (Å²) in [4.78, 5) is 64.5. The molecule has 204 valence electrons. The molecular formula is C30H19ClN2O8. The number of carbonyl (C=O) groups is 4. The Kier molecular flexibility index (Phi) is 7.32. The third kappa shape index (κ3) is 4.92. The van der Waals surface area contributed by atoms with Gasteiger partial charge in [0.2, 0.25) is 5.78 Å². The highest BCUT2D eigenvalue weighted by molar-refractivity contribution is 6.40. The molecule has 0 N–H and O–H groups in total. The summed E-state index contributed by atoms with van der Waals surface area (Å²) in [5, 5.41) is 11.3. The summed E-state index contributed by atoms with van der Waals surface area (Å²) >= 11 is 6.46. The van der Waals surface area contributed by atoms with Crippen molar-refractivity contribution >= 4 is 46.5 Å². The number of rotatable bonds is 8. The molecule has 11 heteroatoms. The predicted molar refractivity (Wildman–Crippen MR) is 148 cm³/mol. The molecule has 4 aromatic rings. The highest BCUT2D eigenvalue weighted by Crippen LogP contribution is 2.40. The van der Waals surface area contributed by atoms with Crippen molar-refractivity contribution in [2.45, 2.75) is 6.10 Å². The maximum Gasteiger partial charge on any atom is 0.343 e. The summed E-state index contributed by atoms with van der Waals surface area (Å²) in [6.07, 6.45) is -1.30. The van der Waals surface area contributed by atoms with E-state index < -0.39 is 40.3 Å². The highest BCUT2D eigenvalue weighted by atomic mass is 35.5. The SMILES string of the molecule is COc1cc(N2C(=O)c3cccc([N+](=O)[O-])c3C2=O)c(Cl)cc1C(=O)O[C@@H](C(=O)c1ccccc1)c1ccccc1. The predicted octanol–water partition coefficient (Wildman–Crippen LogP) is 5.84. The second-order valence-corrected chi connectivity index (χ2v) is 9.24. The van der Waals surface area contributed by atoms with Crippen molar-refractivity contribution in [2.75, 3.05) is 12.0 Å². The molecule has 0 bridgehead atoms. The first-order valence-electron chi connectivity index (χ1n) is 12.1. The first-order chi connectivity index (χ1) is 19.7. The number of ketones is 1. The first-order valence-corrected chi connectivity index (χ1v) is 12.5. The van der Waals surface area contributed by atoms with Crippen LogP contribution in [0, 0.1) is 10.1 Å². The number of methoxy groups -OCH3 is 1. The van der Waals surface area contributed by atoms with Crippen molar-refractivity contribution < 1.29 is 33.6 Å². The number of amides is 2. The van der Waals surface area contributed by atoms with Crippen LogP contribution in [0.2, 0.25) is 5.02 Å². The van der Waals surface area contributed by atoms with Crippen LogP contribution < -0.4 is 9.64 Å². The number of nitro groups is 1. The molecular weight excluding hydrogens is 552 g/mol. The van der Waals surface area contributed by atoms with Crippen LogP contribution in [0.1, 0.15) is 53.1 Å². The number of anilines is 1.